The van der Waals surface area contributed by atoms with Crippen LogP contribution in [0.25, 0.3) is 0 Å². The largest absolute Gasteiger partial charge is 0.416 e. The minimum atomic E-state index is -4.47. The summed E-state index contributed by atoms with van der Waals surface area (Å²) >= 11 is 0. The van der Waals surface area contributed by atoms with Gasteiger partial charge < -0.3 is 15.5 Å². The maximum atomic E-state index is 12.8. The molecule has 0 radical (unpaired) electrons. The molecule has 0 spiro atoms. The molecule has 1 heterocycles. The third-order valence-corrected chi connectivity index (χ3v) is 5.78. The van der Waals surface area contributed by atoms with Gasteiger partial charge in [-0.05, 0) is 55.2 Å². The minimum Gasteiger partial charge on any atom is -0.351 e. The van der Waals surface area contributed by atoms with Gasteiger partial charge in [0.2, 0.25) is 5.91 Å². The second kappa shape index (κ2) is 11.0. The molecular formula is C25H26F3N3O3. The summed E-state index contributed by atoms with van der Waals surface area (Å²) in [7, 11) is 0. The minimum absolute atomic E-state index is 0.170. The van der Waals surface area contributed by atoms with Crippen molar-refractivity contribution in [3.8, 4) is 0 Å². The Morgan fingerprint density at radius 1 is 1.00 bits per heavy atom. The Bertz CT molecular complexity index is 1020. The third kappa shape index (κ3) is 6.24. The van der Waals surface area contributed by atoms with Gasteiger partial charge in [-0.25, -0.2) is 0 Å². The van der Waals surface area contributed by atoms with Crippen molar-refractivity contribution in [3.63, 3.8) is 0 Å². The van der Waals surface area contributed by atoms with Gasteiger partial charge in [-0.3, -0.25) is 14.4 Å². The van der Waals surface area contributed by atoms with Crippen LogP contribution in [0.15, 0.2) is 67.3 Å². The van der Waals surface area contributed by atoms with Gasteiger partial charge in [0.05, 0.1) is 5.56 Å². The van der Waals surface area contributed by atoms with E-state index in [1.54, 1.807) is 41.3 Å². The molecule has 0 bridgehead atoms. The van der Waals surface area contributed by atoms with Crippen molar-refractivity contribution in [1.82, 2.24) is 15.5 Å². The summed E-state index contributed by atoms with van der Waals surface area (Å²) in [6.45, 7) is 4.47. The van der Waals surface area contributed by atoms with E-state index >= 15 is 0 Å². The molecule has 180 valence electrons. The lowest BCUT2D eigenvalue weighted by atomic mass is 9.88. The normalized spacial score (nSPS) is 15.3. The summed E-state index contributed by atoms with van der Waals surface area (Å²) in [4.78, 5) is 39.8. The molecule has 0 saturated carbocycles. The lowest BCUT2D eigenvalue weighted by molar-refractivity contribution is -0.137. The molecule has 0 unspecified atom stereocenters. The molecule has 2 aromatic rings. The lowest BCUT2D eigenvalue weighted by Gasteiger charge is -2.36. The molecule has 0 aromatic heterocycles. The van der Waals surface area contributed by atoms with Gasteiger partial charge in [0.1, 0.15) is 6.04 Å². The fourth-order valence-electron chi connectivity index (χ4n) is 3.91. The molecule has 6 nitrogen and oxygen atoms in total. The number of amides is 3. The lowest BCUT2D eigenvalue weighted by Crippen LogP contribution is -2.53. The maximum absolute atomic E-state index is 12.8. The highest BCUT2D eigenvalue weighted by atomic mass is 19.4. The summed E-state index contributed by atoms with van der Waals surface area (Å²) in [5, 5.41) is 5.53. The van der Waals surface area contributed by atoms with E-state index in [1.165, 1.54) is 12.1 Å². The maximum Gasteiger partial charge on any atom is 0.416 e. The van der Waals surface area contributed by atoms with Crippen LogP contribution in [0.5, 0.6) is 0 Å². The van der Waals surface area contributed by atoms with Crippen LogP contribution < -0.4 is 10.6 Å². The highest BCUT2D eigenvalue weighted by molar-refractivity contribution is 5.97. The van der Waals surface area contributed by atoms with Crippen molar-refractivity contribution in [3.05, 3.63) is 83.9 Å². The van der Waals surface area contributed by atoms with Crippen LogP contribution in [-0.2, 0) is 11.0 Å². The van der Waals surface area contributed by atoms with Crippen molar-refractivity contribution >= 4 is 17.7 Å². The first kappa shape index (κ1) is 25.0. The number of nitrogens with one attached hydrogen (secondary N) is 2. The zero-order chi connectivity index (χ0) is 24.7. The van der Waals surface area contributed by atoms with Crippen LogP contribution in [-0.4, -0.2) is 48.3 Å². The van der Waals surface area contributed by atoms with Crippen LogP contribution in [0, 0.1) is 5.92 Å². The van der Waals surface area contributed by atoms with Gasteiger partial charge in [-0.15, -0.1) is 6.58 Å². The number of nitrogens with zero attached hydrogens (tertiary/aromatic N) is 1. The molecule has 3 rings (SSSR count). The van der Waals surface area contributed by atoms with Crippen LogP contribution in [0.4, 0.5) is 13.2 Å². The number of likely N-dealkylation sites (tertiary alicyclic amines) is 1. The third-order valence-electron chi connectivity index (χ3n) is 5.78. The summed E-state index contributed by atoms with van der Waals surface area (Å²) in [6, 6.07) is 11.9. The SMILES string of the molecule is C=CCNC(=O)[C@@H](NC(=O)c1ccccc1)C1CCN(C(=O)c2ccc(C(F)(F)F)cc2)CC1. The predicted octanol–water partition coefficient (Wildman–Crippen LogP) is 3.66. The number of benzene rings is 2. The first-order chi connectivity index (χ1) is 16.2. The molecule has 1 atom stereocenters. The number of piperidine rings is 1. The number of hydrogen-bond donors (Lipinski definition) is 2. The quantitative estimate of drug-likeness (QED) is 0.603. The van der Waals surface area contributed by atoms with E-state index in [9.17, 15) is 27.6 Å². The van der Waals surface area contributed by atoms with E-state index in [-0.39, 0.29) is 35.7 Å². The second-order valence-electron chi connectivity index (χ2n) is 8.06. The van der Waals surface area contributed by atoms with Gasteiger partial charge >= 0.3 is 6.18 Å². The van der Waals surface area contributed by atoms with E-state index in [0.717, 1.165) is 12.1 Å². The Balaban J connectivity index is 1.66. The molecular weight excluding hydrogens is 447 g/mol. The molecule has 1 aliphatic rings. The molecule has 2 aromatic carbocycles. The van der Waals surface area contributed by atoms with Crippen molar-refractivity contribution in [2.24, 2.45) is 5.92 Å². The number of carbonyl (C=O) groups is 3. The Morgan fingerprint density at radius 3 is 2.18 bits per heavy atom. The fraction of sp³-hybridized carbons (Fsp3) is 0.320. The van der Waals surface area contributed by atoms with Gasteiger partial charge in [-0.1, -0.05) is 24.3 Å². The summed E-state index contributed by atoms with van der Waals surface area (Å²) in [6.07, 6.45) is -2.02. The molecule has 34 heavy (non-hydrogen) atoms. The van der Waals surface area contributed by atoms with Gasteiger partial charge in [0, 0.05) is 30.8 Å². The number of halogens is 3. The zero-order valence-corrected chi connectivity index (χ0v) is 18.5. The molecule has 0 aliphatic carbocycles. The summed E-state index contributed by atoms with van der Waals surface area (Å²) in [5.41, 5.74) is -0.215. The van der Waals surface area contributed by atoms with E-state index in [0.29, 0.717) is 31.5 Å². The van der Waals surface area contributed by atoms with Gasteiger partial charge in [0.25, 0.3) is 11.8 Å². The van der Waals surface area contributed by atoms with E-state index in [4.69, 9.17) is 0 Å². The predicted molar refractivity (Wildman–Crippen MR) is 121 cm³/mol. The molecule has 3 amide bonds. The van der Waals surface area contributed by atoms with Gasteiger partial charge in [-0.2, -0.15) is 13.2 Å². The van der Waals surface area contributed by atoms with Crippen LogP contribution in [0.3, 0.4) is 0 Å². The van der Waals surface area contributed by atoms with E-state index in [1.807, 2.05) is 0 Å². The van der Waals surface area contributed by atoms with Crippen LogP contribution in [0.2, 0.25) is 0 Å². The van der Waals surface area contributed by atoms with Crippen molar-refractivity contribution in [1.29, 1.82) is 0 Å². The van der Waals surface area contributed by atoms with E-state index in [2.05, 4.69) is 17.2 Å². The Kier molecular flexibility index (Phi) is 8.09. The molecule has 1 fully saturated rings. The number of hydrogen-bond acceptors (Lipinski definition) is 3. The van der Waals surface area contributed by atoms with Crippen molar-refractivity contribution in [2.45, 2.75) is 25.1 Å². The molecule has 1 saturated heterocycles. The van der Waals surface area contributed by atoms with Crippen LogP contribution >= 0.6 is 0 Å². The highest BCUT2D eigenvalue weighted by Crippen LogP contribution is 2.29. The smallest absolute Gasteiger partial charge is 0.351 e. The fourth-order valence-corrected chi connectivity index (χ4v) is 3.91. The Labute approximate surface area is 195 Å². The monoisotopic (exact) mass is 473 g/mol. The zero-order valence-electron chi connectivity index (χ0n) is 18.5. The van der Waals surface area contributed by atoms with Crippen LogP contribution in [0.1, 0.15) is 39.1 Å². The standard InChI is InChI=1S/C25H26F3N3O3/c1-2-14-29-23(33)21(30-22(32)18-6-4-3-5-7-18)17-12-15-31(16-13-17)24(34)19-8-10-20(11-9-19)25(26,27)28/h2-11,17,21H,1,12-16H2,(H,29,33)(H,30,32)/t21-/m0/s1. The Hall–Kier alpha value is -3.62. The molecule has 1 aliphatic heterocycles. The first-order valence-corrected chi connectivity index (χ1v) is 10.9. The molecule has 9 heteroatoms. The van der Waals surface area contributed by atoms with Gasteiger partial charge in [0.15, 0.2) is 0 Å². The highest BCUT2D eigenvalue weighted by Gasteiger charge is 2.34. The number of carbonyl (C=O) groups excluding carboxylic acids is 3. The number of alkyl halides is 3. The Morgan fingerprint density at radius 2 is 1.62 bits per heavy atom. The summed E-state index contributed by atoms with van der Waals surface area (Å²) in [5.74, 6) is -1.29. The average Bonchev–Trinajstić information content (AvgIpc) is 2.85. The van der Waals surface area contributed by atoms with E-state index < -0.39 is 17.8 Å². The topological polar surface area (TPSA) is 78.5 Å². The molecule has 2 N–H and O–H groups in total. The first-order valence-electron chi connectivity index (χ1n) is 10.9. The van der Waals surface area contributed by atoms with Crippen molar-refractivity contribution < 1.29 is 27.6 Å². The number of rotatable bonds is 7. The average molecular weight is 473 g/mol. The second-order valence-corrected chi connectivity index (χ2v) is 8.06. The van der Waals surface area contributed by atoms with Crippen molar-refractivity contribution in [2.75, 3.05) is 19.6 Å². The summed E-state index contributed by atoms with van der Waals surface area (Å²) < 4.78 is 38.3.